The molecule has 1 saturated heterocycles. The zero-order chi connectivity index (χ0) is 12.1. The average Bonchev–Trinajstić information content (AvgIpc) is 2.40. The highest BCUT2D eigenvalue weighted by atomic mass is 32.2. The molecule has 1 fully saturated rings. The minimum absolute atomic E-state index is 0.0348. The van der Waals surface area contributed by atoms with E-state index < -0.39 is 0 Å². The summed E-state index contributed by atoms with van der Waals surface area (Å²) in [6.07, 6.45) is 3.91. The summed E-state index contributed by atoms with van der Waals surface area (Å²) in [7, 11) is 0. The molecule has 2 heterocycles. The molecular weight excluding hydrogens is 238 g/mol. The summed E-state index contributed by atoms with van der Waals surface area (Å²) in [5.41, 5.74) is 5.93. The molecular formula is C11H15N3O2S. The second-order valence-electron chi connectivity index (χ2n) is 3.79. The van der Waals surface area contributed by atoms with Crippen molar-refractivity contribution in [2.24, 2.45) is 10.9 Å². The molecule has 0 radical (unpaired) electrons. The third-order valence-electron chi connectivity index (χ3n) is 2.58. The molecule has 1 aliphatic rings. The molecule has 0 saturated carbocycles. The Morgan fingerprint density at radius 2 is 2.24 bits per heavy atom. The van der Waals surface area contributed by atoms with Crippen molar-refractivity contribution in [3.63, 3.8) is 0 Å². The van der Waals surface area contributed by atoms with Crippen LogP contribution >= 0.6 is 11.8 Å². The third-order valence-corrected chi connectivity index (χ3v) is 3.90. The molecule has 0 aliphatic carbocycles. The van der Waals surface area contributed by atoms with Gasteiger partial charge < -0.3 is 15.7 Å². The van der Waals surface area contributed by atoms with E-state index in [9.17, 15) is 0 Å². The molecule has 3 N–H and O–H groups in total. The lowest BCUT2D eigenvalue weighted by Gasteiger charge is -2.21. The fourth-order valence-corrected chi connectivity index (χ4v) is 2.71. The Bertz CT molecular complexity index is 388. The first-order valence-electron chi connectivity index (χ1n) is 5.48. The van der Waals surface area contributed by atoms with E-state index in [2.05, 4.69) is 10.1 Å². The highest BCUT2D eigenvalue weighted by molar-refractivity contribution is 8.00. The zero-order valence-corrected chi connectivity index (χ0v) is 10.2. The van der Waals surface area contributed by atoms with Crippen molar-refractivity contribution in [1.82, 2.24) is 4.98 Å². The molecule has 2 rings (SSSR count). The van der Waals surface area contributed by atoms with Crippen LogP contribution < -0.4 is 5.73 Å². The Hall–Kier alpha value is -1.27. The van der Waals surface area contributed by atoms with E-state index in [1.54, 1.807) is 24.0 Å². The molecule has 0 unspecified atom stereocenters. The summed E-state index contributed by atoms with van der Waals surface area (Å²) in [5, 5.41) is 12.0. The zero-order valence-electron chi connectivity index (χ0n) is 9.37. The van der Waals surface area contributed by atoms with Crippen LogP contribution in [0.1, 0.15) is 18.5 Å². The summed E-state index contributed by atoms with van der Waals surface area (Å²) in [5.74, 6) is 0.0348. The molecule has 0 aromatic carbocycles. The summed E-state index contributed by atoms with van der Waals surface area (Å²) < 4.78 is 5.31. The van der Waals surface area contributed by atoms with E-state index in [1.807, 2.05) is 6.07 Å². The van der Waals surface area contributed by atoms with Gasteiger partial charge in [0.1, 0.15) is 5.69 Å². The van der Waals surface area contributed by atoms with Crippen molar-refractivity contribution >= 4 is 17.6 Å². The second kappa shape index (κ2) is 5.88. The van der Waals surface area contributed by atoms with Crippen LogP contribution in [0.2, 0.25) is 0 Å². The van der Waals surface area contributed by atoms with Crippen molar-refractivity contribution in [3.8, 4) is 0 Å². The first kappa shape index (κ1) is 12.2. The highest BCUT2D eigenvalue weighted by Crippen LogP contribution is 2.29. The van der Waals surface area contributed by atoms with Crippen LogP contribution in [-0.4, -0.2) is 34.5 Å². The lowest BCUT2D eigenvalue weighted by atomic mass is 10.2. The van der Waals surface area contributed by atoms with Crippen LogP contribution in [0.25, 0.3) is 0 Å². The molecule has 0 atom stereocenters. The van der Waals surface area contributed by atoms with Crippen LogP contribution in [0.4, 0.5) is 0 Å². The van der Waals surface area contributed by atoms with E-state index in [0.717, 1.165) is 31.0 Å². The van der Waals surface area contributed by atoms with Gasteiger partial charge in [-0.3, -0.25) is 4.98 Å². The lowest BCUT2D eigenvalue weighted by Crippen LogP contribution is -2.17. The van der Waals surface area contributed by atoms with Crippen molar-refractivity contribution in [1.29, 1.82) is 0 Å². The Kier molecular flexibility index (Phi) is 4.22. The predicted octanol–water partition coefficient (Wildman–Crippen LogP) is 1.45. The van der Waals surface area contributed by atoms with Crippen molar-refractivity contribution in [3.05, 3.63) is 24.0 Å². The van der Waals surface area contributed by atoms with Gasteiger partial charge in [-0.2, -0.15) is 0 Å². The lowest BCUT2D eigenvalue weighted by molar-refractivity contribution is 0.100. The highest BCUT2D eigenvalue weighted by Gasteiger charge is 2.15. The minimum atomic E-state index is 0.0348. The maximum Gasteiger partial charge on any atom is 0.188 e. The fraction of sp³-hybridized carbons (Fsp3) is 0.455. The number of ether oxygens (including phenoxy) is 1. The number of amidine groups is 1. The van der Waals surface area contributed by atoms with Gasteiger partial charge in [-0.05, 0) is 25.0 Å². The molecule has 5 nitrogen and oxygen atoms in total. The number of hydrogen-bond acceptors (Lipinski definition) is 5. The Morgan fingerprint density at radius 3 is 2.82 bits per heavy atom. The minimum Gasteiger partial charge on any atom is -0.409 e. The van der Waals surface area contributed by atoms with Gasteiger partial charge in [-0.1, -0.05) is 5.16 Å². The average molecular weight is 253 g/mol. The maximum absolute atomic E-state index is 8.52. The van der Waals surface area contributed by atoms with E-state index >= 15 is 0 Å². The molecule has 1 aliphatic heterocycles. The molecule has 0 spiro atoms. The molecule has 1 aromatic heterocycles. The molecule has 0 bridgehead atoms. The largest absolute Gasteiger partial charge is 0.409 e. The molecule has 0 amide bonds. The number of aromatic nitrogens is 1. The molecule has 6 heteroatoms. The van der Waals surface area contributed by atoms with Gasteiger partial charge in [0.2, 0.25) is 0 Å². The van der Waals surface area contributed by atoms with E-state index in [1.165, 1.54) is 0 Å². The smallest absolute Gasteiger partial charge is 0.188 e. The Morgan fingerprint density at radius 1 is 1.47 bits per heavy atom. The SMILES string of the molecule is N/C(=N/O)c1ccc(SC2CCOCC2)cn1. The van der Waals surface area contributed by atoms with Gasteiger partial charge in [-0.15, -0.1) is 11.8 Å². The summed E-state index contributed by atoms with van der Waals surface area (Å²) in [6, 6.07) is 3.71. The number of rotatable bonds is 3. The van der Waals surface area contributed by atoms with Gasteiger partial charge in [0.15, 0.2) is 5.84 Å². The van der Waals surface area contributed by atoms with Crippen molar-refractivity contribution < 1.29 is 9.94 Å². The normalized spacial score (nSPS) is 18.2. The molecule has 17 heavy (non-hydrogen) atoms. The van der Waals surface area contributed by atoms with Crippen LogP contribution in [0, 0.1) is 0 Å². The number of nitrogens with zero attached hydrogens (tertiary/aromatic N) is 2. The van der Waals surface area contributed by atoms with Crippen LogP contribution in [-0.2, 0) is 4.74 Å². The van der Waals surface area contributed by atoms with Gasteiger partial charge in [0, 0.05) is 29.6 Å². The van der Waals surface area contributed by atoms with Gasteiger partial charge in [0.05, 0.1) is 0 Å². The van der Waals surface area contributed by atoms with E-state index in [-0.39, 0.29) is 5.84 Å². The predicted molar refractivity (Wildman–Crippen MR) is 66.4 cm³/mol. The fourth-order valence-electron chi connectivity index (χ4n) is 1.64. The number of pyridine rings is 1. The first-order valence-corrected chi connectivity index (χ1v) is 6.36. The standard InChI is InChI=1S/C11H15N3O2S/c12-11(14-15)10-2-1-9(7-13-10)17-8-3-5-16-6-4-8/h1-2,7-8,15H,3-6H2,(H2,12,14). The maximum atomic E-state index is 8.52. The van der Waals surface area contributed by atoms with Crippen LogP contribution in [0.5, 0.6) is 0 Å². The van der Waals surface area contributed by atoms with Gasteiger partial charge in [-0.25, -0.2) is 0 Å². The van der Waals surface area contributed by atoms with Crippen LogP contribution in [0.15, 0.2) is 28.4 Å². The number of thioether (sulfide) groups is 1. The van der Waals surface area contributed by atoms with Crippen molar-refractivity contribution in [2.75, 3.05) is 13.2 Å². The Labute approximate surface area is 104 Å². The van der Waals surface area contributed by atoms with E-state index in [4.69, 9.17) is 15.7 Å². The van der Waals surface area contributed by atoms with E-state index in [0.29, 0.717) is 10.9 Å². The Balaban J connectivity index is 1.97. The second-order valence-corrected chi connectivity index (χ2v) is 5.17. The summed E-state index contributed by atoms with van der Waals surface area (Å²) in [6.45, 7) is 1.68. The number of oxime groups is 1. The topological polar surface area (TPSA) is 80.7 Å². The summed E-state index contributed by atoms with van der Waals surface area (Å²) >= 11 is 1.81. The quantitative estimate of drug-likeness (QED) is 0.369. The van der Waals surface area contributed by atoms with Gasteiger partial charge in [0.25, 0.3) is 0 Å². The first-order chi connectivity index (χ1) is 8.29. The number of nitrogens with two attached hydrogens (primary N) is 1. The summed E-state index contributed by atoms with van der Waals surface area (Å²) in [4.78, 5) is 5.25. The van der Waals surface area contributed by atoms with Crippen LogP contribution in [0.3, 0.4) is 0 Å². The van der Waals surface area contributed by atoms with Gasteiger partial charge >= 0.3 is 0 Å². The molecule has 1 aromatic rings. The molecule has 92 valence electrons. The van der Waals surface area contributed by atoms with Crippen molar-refractivity contribution in [2.45, 2.75) is 23.0 Å². The third kappa shape index (κ3) is 3.34. The number of hydrogen-bond donors (Lipinski definition) is 2. The monoisotopic (exact) mass is 253 g/mol.